The maximum Gasteiger partial charge on any atom is 1.00 e. The molecule has 14 heteroatoms. The molecule has 148 valence electrons. The summed E-state index contributed by atoms with van der Waals surface area (Å²) in [7, 11) is -3.53. The molecule has 2 heterocycles. The van der Waals surface area contributed by atoms with Crippen molar-refractivity contribution in [2.24, 2.45) is 0 Å². The minimum atomic E-state index is -5.03. The molecule has 1 saturated heterocycles. The molecule has 1 aliphatic heterocycles. The Hall–Kier alpha value is 0.150. The Morgan fingerprint density at radius 1 is 1.28 bits per heavy atom. The Kier molecular flexibility index (Phi) is 10.4. The summed E-state index contributed by atoms with van der Waals surface area (Å²) in [6, 6.07) is 7.04. The van der Waals surface area contributed by atoms with Crippen LogP contribution in [0.3, 0.4) is 0 Å². The Labute approximate surface area is 210 Å². The maximum atomic E-state index is 10.8. The van der Waals surface area contributed by atoms with E-state index in [4.69, 9.17) is 9.47 Å². The van der Waals surface area contributed by atoms with Crippen molar-refractivity contribution in [3.8, 4) is 17.0 Å². The quantitative estimate of drug-likeness (QED) is 0.286. The average Bonchev–Trinajstić information content (AvgIpc) is 3.19. The van der Waals surface area contributed by atoms with Crippen LogP contribution in [0.15, 0.2) is 30.5 Å². The molecule has 2 aromatic rings. The van der Waals surface area contributed by atoms with E-state index < -0.39 is 44.4 Å². The van der Waals surface area contributed by atoms with Crippen LogP contribution in [0.2, 0.25) is 0 Å². The van der Waals surface area contributed by atoms with Crippen LogP contribution in [0.5, 0.6) is 5.75 Å². The van der Waals surface area contributed by atoms with Gasteiger partial charge in [0.05, 0.1) is 19.4 Å². The molecule has 1 aromatic heterocycles. The fourth-order valence-corrected chi connectivity index (χ4v) is 3.60. The van der Waals surface area contributed by atoms with Crippen LogP contribution in [0.1, 0.15) is 6.23 Å². The third kappa shape index (κ3) is 6.33. The molecule has 11 nitrogen and oxygen atoms in total. The molecule has 0 amide bonds. The first-order chi connectivity index (χ1) is 12.7. The molecule has 0 aliphatic carbocycles. The van der Waals surface area contributed by atoms with Gasteiger partial charge in [-0.1, -0.05) is 24.9 Å². The van der Waals surface area contributed by atoms with Crippen molar-refractivity contribution < 1.29 is 98.3 Å². The Morgan fingerprint density at radius 3 is 2.55 bits per heavy atom. The van der Waals surface area contributed by atoms with Crippen molar-refractivity contribution in [3.63, 3.8) is 0 Å². The van der Waals surface area contributed by atoms with E-state index in [1.165, 1.54) is 13.3 Å². The second-order valence-electron chi connectivity index (χ2n) is 6.12. The first-order valence-corrected chi connectivity index (χ1v) is 9.70. The molecule has 3 rings (SSSR count). The number of hydrogen-bond donors (Lipinski definition) is 3. The molecule has 0 unspecified atom stereocenters. The molecule has 3 N–H and O–H groups in total. The van der Waals surface area contributed by atoms with Gasteiger partial charge in [-0.2, -0.15) is 0 Å². The zero-order valence-corrected chi connectivity index (χ0v) is 21.0. The number of hydrogen-bond acceptors (Lipinski definition) is 10. The van der Waals surface area contributed by atoms with Gasteiger partial charge in [-0.3, -0.25) is 0 Å². The largest absolute Gasteiger partial charge is 1.00 e. The number of rotatable bonds is 6. The number of aromatic nitrogens is 3. The maximum absolute atomic E-state index is 10.8. The van der Waals surface area contributed by atoms with Crippen LogP contribution in [-0.4, -0.2) is 68.0 Å². The Bertz CT molecular complexity index is 850. The van der Waals surface area contributed by atoms with Crippen LogP contribution < -0.4 is 73.6 Å². The van der Waals surface area contributed by atoms with Crippen LogP contribution in [-0.2, 0) is 9.30 Å². The van der Waals surface area contributed by atoms with Crippen molar-refractivity contribution in [1.82, 2.24) is 15.0 Å². The van der Waals surface area contributed by atoms with Gasteiger partial charge in [0.25, 0.3) is 0 Å². The molecular formula is C15H18N3Na2O8P. The normalized spacial score (nSPS) is 25.0. The van der Waals surface area contributed by atoms with Gasteiger partial charge in [-0.25, -0.2) is 4.68 Å². The van der Waals surface area contributed by atoms with Crippen LogP contribution in [0, 0.1) is 0 Å². The predicted octanol–water partition coefficient (Wildman–Crippen LogP) is -8.14. The van der Waals surface area contributed by atoms with E-state index in [9.17, 15) is 29.7 Å². The fourth-order valence-electron chi connectivity index (χ4n) is 2.94. The third-order valence-electron chi connectivity index (χ3n) is 4.22. The molecular weight excluding hydrogens is 427 g/mol. The summed E-state index contributed by atoms with van der Waals surface area (Å²) in [5.41, 5.74) is 1.04. The average molecular weight is 445 g/mol. The van der Waals surface area contributed by atoms with Crippen LogP contribution >= 0.6 is 7.60 Å². The summed E-state index contributed by atoms with van der Waals surface area (Å²) in [6.45, 7) is 0. The fraction of sp³-hybridized carbons (Fsp3) is 0.467. The predicted molar refractivity (Wildman–Crippen MR) is 86.4 cm³/mol. The number of nitrogens with zero attached hydrogens (tertiary/aromatic N) is 3. The van der Waals surface area contributed by atoms with Crippen LogP contribution in [0.25, 0.3) is 11.3 Å². The number of para-hydroxylation sites is 1. The molecule has 5 atom stereocenters. The zero-order chi connectivity index (χ0) is 19.8. The summed E-state index contributed by atoms with van der Waals surface area (Å²) < 4.78 is 22.6. The van der Waals surface area contributed by atoms with E-state index in [1.807, 2.05) is 0 Å². The van der Waals surface area contributed by atoms with Gasteiger partial charge >= 0.3 is 59.1 Å². The second-order valence-corrected chi connectivity index (χ2v) is 7.70. The van der Waals surface area contributed by atoms with Gasteiger partial charge in [0.2, 0.25) is 0 Å². The molecule has 0 bridgehead atoms. The van der Waals surface area contributed by atoms with Crippen molar-refractivity contribution >= 4 is 7.60 Å². The number of aliphatic hydroxyl groups excluding tert-OH is 3. The summed E-state index contributed by atoms with van der Waals surface area (Å²) in [4.78, 5) is 21.7. The minimum absolute atomic E-state index is 0. The van der Waals surface area contributed by atoms with E-state index in [-0.39, 0.29) is 59.1 Å². The molecule has 1 aliphatic rings. The number of benzene rings is 1. The third-order valence-corrected chi connectivity index (χ3v) is 5.04. The molecule has 29 heavy (non-hydrogen) atoms. The Balaban J connectivity index is 0.00000210. The van der Waals surface area contributed by atoms with E-state index in [0.29, 0.717) is 17.0 Å². The van der Waals surface area contributed by atoms with Gasteiger partial charge < -0.3 is 39.1 Å². The SMILES string of the molecule is COc1ccccc1-c1cn([C@@H]2O[C@H]([C@H](O)CP(=O)([O-])[O-])[C@@H](O)[C@H]2O)nn1.[Na+].[Na+]. The van der Waals surface area contributed by atoms with Crippen LogP contribution in [0.4, 0.5) is 0 Å². The van der Waals surface area contributed by atoms with Gasteiger partial charge in [-0.15, -0.1) is 5.10 Å². The minimum Gasteiger partial charge on any atom is -0.811 e. The first-order valence-electron chi connectivity index (χ1n) is 7.97. The number of ether oxygens (including phenoxy) is 2. The smallest absolute Gasteiger partial charge is 0.811 e. The monoisotopic (exact) mass is 445 g/mol. The Morgan fingerprint density at radius 2 is 1.93 bits per heavy atom. The van der Waals surface area contributed by atoms with Crippen molar-refractivity contribution in [2.75, 3.05) is 13.3 Å². The summed E-state index contributed by atoms with van der Waals surface area (Å²) >= 11 is 0. The van der Waals surface area contributed by atoms with Gasteiger partial charge in [0.15, 0.2) is 6.23 Å². The van der Waals surface area contributed by atoms with Crippen molar-refractivity contribution in [3.05, 3.63) is 30.5 Å². The van der Waals surface area contributed by atoms with E-state index in [2.05, 4.69) is 10.3 Å². The topological polar surface area (TPSA) is 173 Å². The molecule has 1 fully saturated rings. The summed E-state index contributed by atoms with van der Waals surface area (Å²) in [5.74, 6) is 0.549. The van der Waals surface area contributed by atoms with Crippen molar-refractivity contribution in [2.45, 2.75) is 30.6 Å². The zero-order valence-electron chi connectivity index (χ0n) is 16.2. The van der Waals surface area contributed by atoms with Gasteiger partial charge in [0, 0.05) is 11.7 Å². The number of aliphatic hydroxyl groups is 3. The summed E-state index contributed by atoms with van der Waals surface area (Å²) in [5, 5.41) is 37.9. The standard InChI is InChI=1S/C15H20N3O8P.2Na/c1-25-11-5-3-2-4-8(11)9-6-18(17-16-9)15-13(21)12(20)14(26-15)10(19)7-27(22,23)24;;/h2-6,10,12-15,19-21H,7H2,1H3,(H2,22,23,24);;/q;2*+1/p-2/t10-,12+,13-,14-,15-;;/m1../s1. The molecule has 0 saturated carbocycles. The molecule has 0 spiro atoms. The van der Waals surface area contributed by atoms with Crippen molar-refractivity contribution in [1.29, 1.82) is 0 Å². The van der Waals surface area contributed by atoms with Gasteiger partial charge in [-0.05, 0) is 12.1 Å². The van der Waals surface area contributed by atoms with E-state index in [0.717, 1.165) is 4.68 Å². The van der Waals surface area contributed by atoms with Gasteiger partial charge in [0.1, 0.15) is 29.8 Å². The molecule has 0 radical (unpaired) electrons. The summed E-state index contributed by atoms with van der Waals surface area (Å²) in [6.07, 6.45) is -7.31. The van der Waals surface area contributed by atoms with E-state index in [1.54, 1.807) is 24.3 Å². The van der Waals surface area contributed by atoms with E-state index >= 15 is 0 Å². The second kappa shape index (κ2) is 11.1. The molecule has 1 aromatic carbocycles. The number of methoxy groups -OCH3 is 1. The first kappa shape index (κ1) is 27.2.